The van der Waals surface area contributed by atoms with Crippen molar-refractivity contribution >= 4 is 11.9 Å². The molecule has 1 heterocycles. The molecule has 6 heteroatoms. The summed E-state index contributed by atoms with van der Waals surface area (Å²) in [5.41, 5.74) is 2.31. The maximum Gasteiger partial charge on any atom is 0.268 e. The monoisotopic (exact) mass is 167 g/mol. The van der Waals surface area contributed by atoms with Crippen LogP contribution in [0.4, 0.5) is 5.95 Å². The standard InChI is InChI=1S/C6H9N5O/c1-8-6-9-2-4(3-10-6)5(12)11-7/h2-3H,7H2,1H3,(H,11,12)(H,8,9,10). The molecule has 0 aromatic carbocycles. The number of amides is 1. The number of hydrazine groups is 1. The quantitative estimate of drug-likeness (QED) is 0.302. The van der Waals surface area contributed by atoms with Crippen LogP contribution in [0.15, 0.2) is 12.4 Å². The maximum atomic E-state index is 10.9. The van der Waals surface area contributed by atoms with E-state index in [1.54, 1.807) is 7.05 Å². The maximum absolute atomic E-state index is 10.9. The molecule has 0 saturated carbocycles. The van der Waals surface area contributed by atoms with E-state index < -0.39 is 5.91 Å². The van der Waals surface area contributed by atoms with Crippen LogP contribution in [0, 0.1) is 0 Å². The molecule has 0 aliphatic rings. The summed E-state index contributed by atoms with van der Waals surface area (Å²) >= 11 is 0. The highest BCUT2D eigenvalue weighted by atomic mass is 16.2. The van der Waals surface area contributed by atoms with Crippen LogP contribution in [0.2, 0.25) is 0 Å². The molecule has 6 nitrogen and oxygen atoms in total. The van der Waals surface area contributed by atoms with Crippen molar-refractivity contribution in [2.24, 2.45) is 5.84 Å². The molecule has 12 heavy (non-hydrogen) atoms. The highest BCUT2D eigenvalue weighted by Crippen LogP contribution is 1.97. The second-order valence-corrected chi connectivity index (χ2v) is 2.02. The molecule has 0 atom stereocenters. The number of hydrogen-bond acceptors (Lipinski definition) is 5. The summed E-state index contributed by atoms with van der Waals surface area (Å²) in [6.07, 6.45) is 2.78. The molecule has 4 N–H and O–H groups in total. The average Bonchev–Trinajstić information content (AvgIpc) is 2.17. The van der Waals surface area contributed by atoms with Crippen LogP contribution in [-0.4, -0.2) is 22.9 Å². The summed E-state index contributed by atoms with van der Waals surface area (Å²) in [6, 6.07) is 0. The molecule has 0 unspecified atom stereocenters. The second-order valence-electron chi connectivity index (χ2n) is 2.02. The summed E-state index contributed by atoms with van der Waals surface area (Å²) < 4.78 is 0. The minimum absolute atomic E-state index is 0.330. The average molecular weight is 167 g/mol. The molecule has 0 aliphatic heterocycles. The van der Waals surface area contributed by atoms with Gasteiger partial charge in [-0.25, -0.2) is 15.8 Å². The number of aromatic nitrogens is 2. The Bertz CT molecular complexity index is 270. The van der Waals surface area contributed by atoms with Crippen LogP contribution < -0.4 is 16.6 Å². The second kappa shape index (κ2) is 3.63. The van der Waals surface area contributed by atoms with Gasteiger partial charge in [0.05, 0.1) is 5.56 Å². The topological polar surface area (TPSA) is 92.9 Å². The molecule has 0 bridgehead atoms. The number of anilines is 1. The fourth-order valence-corrected chi connectivity index (χ4v) is 0.658. The zero-order chi connectivity index (χ0) is 8.97. The Balaban J connectivity index is 2.84. The first-order chi connectivity index (χ1) is 5.77. The van der Waals surface area contributed by atoms with Gasteiger partial charge in [-0.15, -0.1) is 0 Å². The van der Waals surface area contributed by atoms with E-state index in [9.17, 15) is 4.79 Å². The van der Waals surface area contributed by atoms with Gasteiger partial charge in [0.25, 0.3) is 5.91 Å². The molecule has 1 rings (SSSR count). The molecule has 1 amide bonds. The van der Waals surface area contributed by atoms with Crippen molar-refractivity contribution in [1.29, 1.82) is 0 Å². The molecule has 64 valence electrons. The van der Waals surface area contributed by atoms with Gasteiger partial charge in [-0.2, -0.15) is 0 Å². The van der Waals surface area contributed by atoms with E-state index >= 15 is 0 Å². The highest BCUT2D eigenvalue weighted by molar-refractivity contribution is 5.93. The van der Waals surface area contributed by atoms with Crippen LogP contribution in [0.25, 0.3) is 0 Å². The van der Waals surface area contributed by atoms with Crippen molar-refractivity contribution in [3.05, 3.63) is 18.0 Å². The van der Waals surface area contributed by atoms with Crippen LogP contribution in [0.5, 0.6) is 0 Å². The SMILES string of the molecule is CNc1ncc(C(=O)NN)cn1. The first-order valence-electron chi connectivity index (χ1n) is 3.28. The third-order valence-corrected chi connectivity index (χ3v) is 1.27. The smallest absolute Gasteiger partial charge is 0.268 e. The van der Waals surface area contributed by atoms with E-state index in [2.05, 4.69) is 15.3 Å². The molecule has 1 aromatic heterocycles. The van der Waals surface area contributed by atoms with Crippen molar-refractivity contribution in [2.45, 2.75) is 0 Å². The van der Waals surface area contributed by atoms with E-state index in [1.165, 1.54) is 12.4 Å². The number of carbonyl (C=O) groups excluding carboxylic acids is 1. The molecular formula is C6H9N5O. The molecule has 0 radical (unpaired) electrons. The number of nitrogen functional groups attached to an aromatic ring is 1. The van der Waals surface area contributed by atoms with Gasteiger partial charge in [-0.1, -0.05) is 0 Å². The Kier molecular flexibility index (Phi) is 2.54. The van der Waals surface area contributed by atoms with Crippen LogP contribution in [0.3, 0.4) is 0 Å². The minimum Gasteiger partial charge on any atom is -0.357 e. The lowest BCUT2D eigenvalue weighted by Gasteiger charge is -1.99. The van der Waals surface area contributed by atoms with Crippen LogP contribution in [0.1, 0.15) is 10.4 Å². The Hall–Kier alpha value is -1.69. The Morgan fingerprint density at radius 1 is 1.50 bits per heavy atom. The largest absolute Gasteiger partial charge is 0.357 e. The Morgan fingerprint density at radius 2 is 2.08 bits per heavy atom. The molecule has 0 fully saturated rings. The number of hydrogen-bond donors (Lipinski definition) is 3. The predicted molar refractivity (Wildman–Crippen MR) is 43.2 cm³/mol. The lowest BCUT2D eigenvalue weighted by Crippen LogP contribution is -2.30. The van der Waals surface area contributed by atoms with Crippen molar-refractivity contribution in [2.75, 3.05) is 12.4 Å². The van der Waals surface area contributed by atoms with E-state index in [0.717, 1.165) is 0 Å². The zero-order valence-electron chi connectivity index (χ0n) is 6.53. The van der Waals surface area contributed by atoms with Gasteiger partial charge in [0.15, 0.2) is 0 Å². The third-order valence-electron chi connectivity index (χ3n) is 1.27. The van der Waals surface area contributed by atoms with Crippen LogP contribution in [-0.2, 0) is 0 Å². The number of nitrogens with zero attached hydrogens (tertiary/aromatic N) is 2. The van der Waals surface area contributed by atoms with Gasteiger partial charge in [0.1, 0.15) is 0 Å². The molecule has 0 aliphatic carbocycles. The summed E-state index contributed by atoms with van der Waals surface area (Å²) in [5, 5.41) is 2.73. The van der Waals surface area contributed by atoms with E-state index in [4.69, 9.17) is 5.84 Å². The number of nitrogens with one attached hydrogen (secondary N) is 2. The van der Waals surface area contributed by atoms with Crippen molar-refractivity contribution in [3.63, 3.8) is 0 Å². The molecule has 0 saturated heterocycles. The Morgan fingerprint density at radius 3 is 2.50 bits per heavy atom. The van der Waals surface area contributed by atoms with Gasteiger partial charge in [-0.05, 0) is 0 Å². The van der Waals surface area contributed by atoms with Crippen molar-refractivity contribution in [1.82, 2.24) is 15.4 Å². The number of carbonyl (C=O) groups is 1. The summed E-state index contributed by atoms with van der Waals surface area (Å²) in [6.45, 7) is 0. The third kappa shape index (κ3) is 1.67. The van der Waals surface area contributed by atoms with E-state index in [1.807, 2.05) is 5.43 Å². The molecular weight excluding hydrogens is 158 g/mol. The number of rotatable bonds is 2. The van der Waals surface area contributed by atoms with E-state index in [-0.39, 0.29) is 0 Å². The normalized spacial score (nSPS) is 9.17. The highest BCUT2D eigenvalue weighted by Gasteiger charge is 2.03. The Labute approximate surface area is 69.2 Å². The first kappa shape index (κ1) is 8.41. The lowest BCUT2D eigenvalue weighted by atomic mass is 10.3. The molecule has 1 aromatic rings. The van der Waals surface area contributed by atoms with Gasteiger partial charge in [0.2, 0.25) is 5.95 Å². The van der Waals surface area contributed by atoms with Gasteiger partial charge >= 0.3 is 0 Å². The first-order valence-corrected chi connectivity index (χ1v) is 3.28. The fourth-order valence-electron chi connectivity index (χ4n) is 0.658. The lowest BCUT2D eigenvalue weighted by molar-refractivity contribution is 0.0953. The zero-order valence-corrected chi connectivity index (χ0v) is 6.53. The minimum atomic E-state index is -0.405. The van der Waals surface area contributed by atoms with Gasteiger partial charge in [-0.3, -0.25) is 10.2 Å². The predicted octanol–water partition coefficient (Wildman–Crippen LogP) is -0.878. The number of nitrogens with two attached hydrogens (primary N) is 1. The van der Waals surface area contributed by atoms with Crippen molar-refractivity contribution < 1.29 is 4.79 Å². The summed E-state index contributed by atoms with van der Waals surface area (Å²) in [4.78, 5) is 18.5. The van der Waals surface area contributed by atoms with Crippen molar-refractivity contribution in [3.8, 4) is 0 Å². The molecule has 0 spiro atoms. The summed E-state index contributed by atoms with van der Waals surface area (Å²) in [7, 11) is 1.69. The fraction of sp³-hybridized carbons (Fsp3) is 0.167. The van der Waals surface area contributed by atoms with E-state index in [0.29, 0.717) is 11.5 Å². The van der Waals surface area contributed by atoms with Crippen LogP contribution >= 0.6 is 0 Å². The van der Waals surface area contributed by atoms with Gasteiger partial charge < -0.3 is 5.32 Å². The van der Waals surface area contributed by atoms with Gasteiger partial charge in [0, 0.05) is 19.4 Å². The summed E-state index contributed by atoms with van der Waals surface area (Å²) in [5.74, 6) is 4.96.